The van der Waals surface area contributed by atoms with Gasteiger partial charge in [-0.25, -0.2) is 0 Å². The van der Waals surface area contributed by atoms with E-state index in [1.807, 2.05) is 0 Å². The summed E-state index contributed by atoms with van der Waals surface area (Å²) in [5.41, 5.74) is 4.83. The highest BCUT2D eigenvalue weighted by molar-refractivity contribution is 5.96. The lowest BCUT2D eigenvalue weighted by atomic mass is 10.1. The molecule has 0 spiro atoms. The van der Waals surface area contributed by atoms with Gasteiger partial charge >= 0.3 is 0 Å². The van der Waals surface area contributed by atoms with Gasteiger partial charge in [0.05, 0.1) is 5.92 Å². The first-order valence-corrected chi connectivity index (χ1v) is 5.55. The molecule has 1 fully saturated rings. The molecule has 2 heteroatoms. The summed E-state index contributed by atoms with van der Waals surface area (Å²) in [6.45, 7) is 6.35. The van der Waals surface area contributed by atoms with E-state index in [-0.39, 0.29) is 11.8 Å². The molecule has 0 aromatic heterocycles. The van der Waals surface area contributed by atoms with Crippen LogP contribution in [0, 0.1) is 25.2 Å². The summed E-state index contributed by atoms with van der Waals surface area (Å²) in [6, 6.07) is 6.59. The number of amides is 1. The molecule has 3 rings (SSSR count). The summed E-state index contributed by atoms with van der Waals surface area (Å²) in [6.07, 6.45) is 5.16. The number of terminal acetylenes is 1. The minimum absolute atomic E-state index is 0.0250. The van der Waals surface area contributed by atoms with Crippen LogP contribution in [-0.4, -0.2) is 24.4 Å². The predicted molar refractivity (Wildman–Crippen MR) is 69.3 cm³/mol. The minimum atomic E-state index is -0.0718. The predicted octanol–water partition coefficient (Wildman–Crippen LogP) is 2.24. The lowest BCUT2D eigenvalue weighted by Crippen LogP contribution is -2.19. The van der Waals surface area contributed by atoms with Gasteiger partial charge in [-0.3, -0.25) is 4.79 Å². The molecule has 0 radical (unpaired) electrons. The Bertz CT molecular complexity index is 516. The second kappa shape index (κ2) is 4.10. The molecule has 0 aromatic rings. The Labute approximate surface area is 102 Å². The number of carbonyl (C=O) groups excluding carboxylic acids is 1. The van der Waals surface area contributed by atoms with Crippen LogP contribution < -0.4 is 0 Å². The number of nitrogens with zero attached hydrogens (tertiary/aromatic N) is 1. The molecule has 2 nitrogen and oxygen atoms in total. The van der Waals surface area contributed by atoms with Crippen LogP contribution in [0.15, 0.2) is 30.4 Å². The van der Waals surface area contributed by atoms with E-state index in [2.05, 4.69) is 37.6 Å². The van der Waals surface area contributed by atoms with E-state index in [1.54, 1.807) is 11.9 Å². The van der Waals surface area contributed by atoms with Crippen molar-refractivity contribution in [2.75, 3.05) is 13.6 Å². The van der Waals surface area contributed by atoms with Crippen molar-refractivity contribution >= 4 is 5.91 Å². The van der Waals surface area contributed by atoms with Gasteiger partial charge in [0.15, 0.2) is 0 Å². The van der Waals surface area contributed by atoms with Gasteiger partial charge in [-0.05, 0) is 29.7 Å². The lowest BCUT2D eigenvalue weighted by molar-refractivity contribution is -0.123. The zero-order chi connectivity index (χ0) is 12.6. The molecule has 1 unspecified atom stereocenters. The number of aryl methyl sites for hydroxylation is 1. The number of rotatable bonds is 0. The van der Waals surface area contributed by atoms with Gasteiger partial charge < -0.3 is 4.90 Å². The van der Waals surface area contributed by atoms with Gasteiger partial charge in [0.1, 0.15) is 0 Å². The number of carbonyl (C=O) groups is 1. The molecule has 1 amide bonds. The Morgan fingerprint density at radius 2 is 2.00 bits per heavy atom. The van der Waals surface area contributed by atoms with Crippen LogP contribution in [0.3, 0.4) is 0 Å². The van der Waals surface area contributed by atoms with Crippen LogP contribution in [-0.2, 0) is 4.79 Å². The maximum Gasteiger partial charge on any atom is 0.250 e. The highest BCUT2D eigenvalue weighted by atomic mass is 16.2. The Balaban J connectivity index is 0.000000134. The molecule has 0 saturated carbocycles. The number of hydrogen-bond donors (Lipinski definition) is 0. The average molecular weight is 225 g/mol. The zero-order valence-corrected chi connectivity index (χ0v) is 10.2. The van der Waals surface area contributed by atoms with Gasteiger partial charge in [0, 0.05) is 19.2 Å². The number of hydrogen-bond acceptors (Lipinski definition) is 1. The molecule has 1 saturated heterocycles. The fourth-order valence-electron chi connectivity index (χ4n) is 1.93. The molecule has 3 aliphatic rings. The summed E-state index contributed by atoms with van der Waals surface area (Å²) in [5, 5.41) is 0. The average Bonchev–Trinajstić information content (AvgIpc) is 2.84. The van der Waals surface area contributed by atoms with Gasteiger partial charge in [0.25, 0.3) is 0 Å². The second-order valence-corrected chi connectivity index (χ2v) is 4.52. The Hall–Kier alpha value is -2.01. The SMILES string of the molecule is C#CC1CN(C)C(=O)C1=C.Cc1cc2cc-2c1. The van der Waals surface area contributed by atoms with Crippen molar-refractivity contribution < 1.29 is 4.79 Å². The first-order chi connectivity index (χ1) is 8.02. The van der Waals surface area contributed by atoms with E-state index in [0.717, 1.165) is 0 Å². The van der Waals surface area contributed by atoms with Crippen LogP contribution in [0.1, 0.15) is 5.56 Å². The van der Waals surface area contributed by atoms with Crippen molar-refractivity contribution in [1.82, 2.24) is 4.90 Å². The van der Waals surface area contributed by atoms with Crippen LogP contribution in [0.2, 0.25) is 0 Å². The Morgan fingerprint density at radius 1 is 1.41 bits per heavy atom. The molecule has 1 atom stereocenters. The highest BCUT2D eigenvalue weighted by Gasteiger charge is 2.29. The molecular weight excluding hydrogens is 210 g/mol. The van der Waals surface area contributed by atoms with Crippen LogP contribution >= 0.6 is 0 Å². The summed E-state index contributed by atoms with van der Waals surface area (Å²) >= 11 is 0. The van der Waals surface area contributed by atoms with E-state index in [1.165, 1.54) is 16.7 Å². The van der Waals surface area contributed by atoms with Gasteiger partial charge in [-0.15, -0.1) is 6.42 Å². The van der Waals surface area contributed by atoms with Crippen LogP contribution in [0.25, 0.3) is 11.1 Å². The maximum absolute atomic E-state index is 11.0. The first-order valence-electron chi connectivity index (χ1n) is 5.55. The molecule has 2 aliphatic carbocycles. The molecule has 17 heavy (non-hydrogen) atoms. The second-order valence-electron chi connectivity index (χ2n) is 4.52. The molecule has 0 bridgehead atoms. The van der Waals surface area contributed by atoms with E-state index >= 15 is 0 Å². The van der Waals surface area contributed by atoms with Crippen molar-refractivity contribution in [3.8, 4) is 23.5 Å². The fraction of sp³-hybridized carbons (Fsp3) is 0.267. The first kappa shape index (κ1) is 11.5. The topological polar surface area (TPSA) is 20.3 Å². The van der Waals surface area contributed by atoms with Gasteiger partial charge in [-0.2, -0.15) is 0 Å². The van der Waals surface area contributed by atoms with E-state index in [0.29, 0.717) is 12.1 Å². The summed E-state index contributed by atoms with van der Waals surface area (Å²) in [7, 11) is 1.73. The maximum atomic E-state index is 11.0. The molecule has 1 aliphatic heterocycles. The summed E-state index contributed by atoms with van der Waals surface area (Å²) in [5.74, 6) is 2.42. The quantitative estimate of drug-likeness (QED) is 0.497. The highest BCUT2D eigenvalue weighted by Crippen LogP contribution is 2.35. The van der Waals surface area contributed by atoms with Crippen molar-refractivity contribution in [3.63, 3.8) is 0 Å². The van der Waals surface area contributed by atoms with E-state index in [4.69, 9.17) is 6.42 Å². The molecule has 86 valence electrons. The van der Waals surface area contributed by atoms with Crippen molar-refractivity contribution in [2.45, 2.75) is 6.92 Å². The largest absolute Gasteiger partial charge is 0.340 e. The third-order valence-corrected chi connectivity index (χ3v) is 3.03. The van der Waals surface area contributed by atoms with Crippen LogP contribution in [0.5, 0.6) is 0 Å². The third kappa shape index (κ3) is 2.24. The summed E-state index contributed by atoms with van der Waals surface area (Å²) < 4.78 is 0. The minimum Gasteiger partial charge on any atom is -0.340 e. The normalized spacial score (nSPS) is 19.6. The monoisotopic (exact) mass is 225 g/mol. The smallest absolute Gasteiger partial charge is 0.250 e. The molecule has 1 heterocycles. The molecule has 0 aromatic carbocycles. The van der Waals surface area contributed by atoms with Crippen molar-refractivity contribution in [3.05, 3.63) is 35.9 Å². The number of fused-ring (bicyclic) bond motifs is 1. The Morgan fingerprint density at radius 3 is 2.24 bits per heavy atom. The molecular formula is C15H15NO. The standard InChI is InChI=1S/C8H9NO.C7H6/c1-4-7-5-9(3)8(10)6(7)2;1-5-2-6-4-7(6)3-5/h1,7H,2,5H2,3H3;2-4H,1H3. The summed E-state index contributed by atoms with van der Waals surface area (Å²) in [4.78, 5) is 12.6. The number of likely N-dealkylation sites (tertiary alicyclic amines) is 1. The number of likely N-dealkylation sites (N-methyl/N-ethyl adjacent to an activating group) is 1. The van der Waals surface area contributed by atoms with E-state index in [9.17, 15) is 4.79 Å². The van der Waals surface area contributed by atoms with Gasteiger partial charge in [-0.1, -0.05) is 24.6 Å². The Kier molecular flexibility index (Phi) is 2.77. The number of benzene rings is 1. The fourth-order valence-corrected chi connectivity index (χ4v) is 1.93. The van der Waals surface area contributed by atoms with Gasteiger partial charge in [0.2, 0.25) is 5.91 Å². The zero-order valence-electron chi connectivity index (χ0n) is 10.2. The molecule has 0 N–H and O–H groups in total. The third-order valence-electron chi connectivity index (χ3n) is 3.03. The van der Waals surface area contributed by atoms with E-state index < -0.39 is 0 Å². The van der Waals surface area contributed by atoms with Crippen molar-refractivity contribution in [1.29, 1.82) is 0 Å². The van der Waals surface area contributed by atoms with Crippen molar-refractivity contribution in [2.24, 2.45) is 5.92 Å². The van der Waals surface area contributed by atoms with Crippen LogP contribution in [0.4, 0.5) is 0 Å². The lowest BCUT2D eigenvalue weighted by Gasteiger charge is -2.03.